The molecule has 7 heteroatoms. The fourth-order valence-electron chi connectivity index (χ4n) is 2.73. The fraction of sp³-hybridized carbons (Fsp3) is 0.238. The number of nitrogens with zero attached hydrogens (tertiary/aromatic N) is 3. The smallest absolute Gasteiger partial charge is 0.191 e. The van der Waals surface area contributed by atoms with E-state index < -0.39 is 0 Å². The van der Waals surface area contributed by atoms with Gasteiger partial charge in [-0.05, 0) is 41.8 Å². The van der Waals surface area contributed by atoms with Crippen molar-refractivity contribution in [2.45, 2.75) is 13.0 Å². The third-order valence-electron chi connectivity index (χ3n) is 4.18. The molecule has 2 aromatic carbocycles. The van der Waals surface area contributed by atoms with E-state index in [2.05, 4.69) is 33.0 Å². The molecule has 6 nitrogen and oxygen atoms in total. The average molecular weight is 491 g/mol. The minimum Gasteiger partial charge on any atom is -0.497 e. The number of ether oxygens (including phenoxy) is 1. The molecule has 0 amide bonds. The van der Waals surface area contributed by atoms with Crippen LogP contribution in [0.15, 0.2) is 72.0 Å². The van der Waals surface area contributed by atoms with Crippen LogP contribution in [0, 0.1) is 0 Å². The summed E-state index contributed by atoms with van der Waals surface area (Å²) in [4.78, 5) is 4.27. The zero-order chi connectivity index (χ0) is 18.9. The van der Waals surface area contributed by atoms with E-state index in [9.17, 15) is 0 Å². The monoisotopic (exact) mass is 491 g/mol. The Morgan fingerprint density at radius 3 is 2.64 bits per heavy atom. The van der Waals surface area contributed by atoms with Gasteiger partial charge in [0.2, 0.25) is 0 Å². The number of rotatable bonds is 7. The predicted octanol–water partition coefficient (Wildman–Crippen LogP) is 3.41. The molecule has 0 atom stereocenters. The average Bonchev–Trinajstić information content (AvgIpc) is 3.20. The summed E-state index contributed by atoms with van der Waals surface area (Å²) in [5.41, 5.74) is 3.38. The van der Waals surface area contributed by atoms with E-state index in [0.29, 0.717) is 6.54 Å². The highest BCUT2D eigenvalue weighted by Gasteiger charge is 2.03. The van der Waals surface area contributed by atoms with Gasteiger partial charge in [-0.2, -0.15) is 5.10 Å². The summed E-state index contributed by atoms with van der Waals surface area (Å²) in [6.45, 7) is 1.46. The SMILES string of the molecule is CN=C(NCCc1cnn(-c2ccccc2)c1)NCc1cccc(OC)c1.I. The van der Waals surface area contributed by atoms with Crippen molar-refractivity contribution >= 4 is 29.9 Å². The summed E-state index contributed by atoms with van der Waals surface area (Å²) in [5.74, 6) is 1.63. The zero-order valence-corrected chi connectivity index (χ0v) is 18.5. The molecule has 0 spiro atoms. The first-order valence-corrected chi connectivity index (χ1v) is 8.95. The highest BCUT2D eigenvalue weighted by molar-refractivity contribution is 14.0. The molecule has 148 valence electrons. The summed E-state index contributed by atoms with van der Waals surface area (Å²) in [5, 5.41) is 11.1. The molecule has 0 bridgehead atoms. The molecule has 0 aliphatic carbocycles. The standard InChI is InChI=1S/C21H25N5O.HI/c1-22-21(24-14-17-7-6-10-20(13-17)27-2)23-12-11-18-15-25-26(16-18)19-8-4-3-5-9-19;/h3-10,13,15-16H,11-12,14H2,1-2H3,(H2,22,23,24);1H. The molecule has 0 unspecified atom stereocenters. The van der Waals surface area contributed by atoms with Crippen molar-refractivity contribution in [3.63, 3.8) is 0 Å². The Hall–Kier alpha value is -2.55. The Balaban J connectivity index is 0.00000280. The van der Waals surface area contributed by atoms with Crippen molar-refractivity contribution in [2.24, 2.45) is 4.99 Å². The third kappa shape index (κ3) is 6.26. The zero-order valence-electron chi connectivity index (χ0n) is 16.1. The third-order valence-corrected chi connectivity index (χ3v) is 4.18. The molecule has 0 fully saturated rings. The second-order valence-electron chi connectivity index (χ2n) is 6.08. The molecule has 0 aliphatic heterocycles. The Kier molecular flexibility index (Phi) is 8.80. The molecule has 3 aromatic rings. The van der Waals surface area contributed by atoms with Gasteiger partial charge in [-0.25, -0.2) is 4.68 Å². The van der Waals surface area contributed by atoms with Gasteiger partial charge in [0.05, 0.1) is 19.0 Å². The number of benzene rings is 2. The minimum atomic E-state index is 0. The van der Waals surface area contributed by atoms with Gasteiger partial charge in [0.25, 0.3) is 0 Å². The van der Waals surface area contributed by atoms with Gasteiger partial charge < -0.3 is 15.4 Å². The molecule has 0 radical (unpaired) electrons. The number of aromatic nitrogens is 2. The predicted molar refractivity (Wildman–Crippen MR) is 124 cm³/mol. The second kappa shape index (κ2) is 11.3. The van der Waals surface area contributed by atoms with Crippen molar-refractivity contribution in [1.29, 1.82) is 0 Å². The molecular weight excluding hydrogens is 465 g/mol. The minimum absolute atomic E-state index is 0. The lowest BCUT2D eigenvalue weighted by Crippen LogP contribution is -2.37. The Bertz CT molecular complexity index is 879. The van der Waals surface area contributed by atoms with Crippen LogP contribution in [0.25, 0.3) is 5.69 Å². The lowest BCUT2D eigenvalue weighted by atomic mass is 10.2. The lowest BCUT2D eigenvalue weighted by Gasteiger charge is -2.12. The maximum atomic E-state index is 5.25. The summed E-state index contributed by atoms with van der Waals surface area (Å²) in [7, 11) is 3.45. The summed E-state index contributed by atoms with van der Waals surface area (Å²) in [6.07, 6.45) is 4.83. The van der Waals surface area contributed by atoms with Crippen LogP contribution in [0.4, 0.5) is 0 Å². The molecular formula is C21H26IN5O. The normalized spacial score (nSPS) is 10.9. The Labute approximate surface area is 183 Å². The van der Waals surface area contributed by atoms with Crippen molar-refractivity contribution < 1.29 is 4.74 Å². The summed E-state index contributed by atoms with van der Waals surface area (Å²) in [6, 6.07) is 18.1. The topological polar surface area (TPSA) is 63.5 Å². The number of hydrogen-bond acceptors (Lipinski definition) is 3. The van der Waals surface area contributed by atoms with Crippen LogP contribution >= 0.6 is 24.0 Å². The van der Waals surface area contributed by atoms with Crippen molar-refractivity contribution in [2.75, 3.05) is 20.7 Å². The van der Waals surface area contributed by atoms with E-state index in [0.717, 1.165) is 35.9 Å². The highest BCUT2D eigenvalue weighted by Crippen LogP contribution is 2.12. The van der Waals surface area contributed by atoms with Crippen LogP contribution < -0.4 is 15.4 Å². The fourth-order valence-corrected chi connectivity index (χ4v) is 2.73. The molecule has 1 heterocycles. The maximum absolute atomic E-state index is 5.25. The van der Waals surface area contributed by atoms with Crippen LogP contribution in [0.2, 0.25) is 0 Å². The first-order valence-electron chi connectivity index (χ1n) is 8.95. The number of hydrogen-bond donors (Lipinski definition) is 2. The molecule has 3 rings (SSSR count). The molecule has 1 aromatic heterocycles. The highest BCUT2D eigenvalue weighted by atomic mass is 127. The number of aliphatic imine (C=N–C) groups is 1. The van der Waals surface area contributed by atoms with E-state index in [-0.39, 0.29) is 24.0 Å². The quantitative estimate of drug-likeness (QED) is 0.302. The van der Waals surface area contributed by atoms with Crippen molar-refractivity contribution in [3.05, 3.63) is 78.1 Å². The molecule has 0 saturated heterocycles. The second-order valence-corrected chi connectivity index (χ2v) is 6.08. The van der Waals surface area contributed by atoms with Crippen LogP contribution in [0.1, 0.15) is 11.1 Å². The van der Waals surface area contributed by atoms with Gasteiger partial charge >= 0.3 is 0 Å². The summed E-state index contributed by atoms with van der Waals surface area (Å²) < 4.78 is 7.15. The van der Waals surface area contributed by atoms with E-state index in [1.165, 1.54) is 5.56 Å². The van der Waals surface area contributed by atoms with Gasteiger partial charge in [-0.1, -0.05) is 30.3 Å². The van der Waals surface area contributed by atoms with E-state index >= 15 is 0 Å². The Morgan fingerprint density at radius 2 is 1.89 bits per heavy atom. The molecule has 2 N–H and O–H groups in total. The Morgan fingerprint density at radius 1 is 1.07 bits per heavy atom. The van der Waals surface area contributed by atoms with Crippen LogP contribution in [0.5, 0.6) is 5.75 Å². The van der Waals surface area contributed by atoms with E-state index in [1.807, 2.05) is 59.4 Å². The van der Waals surface area contributed by atoms with Gasteiger partial charge in [0, 0.05) is 26.3 Å². The van der Waals surface area contributed by atoms with Crippen LogP contribution in [0.3, 0.4) is 0 Å². The van der Waals surface area contributed by atoms with E-state index in [1.54, 1.807) is 14.2 Å². The van der Waals surface area contributed by atoms with Gasteiger partial charge in [-0.15, -0.1) is 24.0 Å². The van der Waals surface area contributed by atoms with E-state index in [4.69, 9.17) is 4.74 Å². The maximum Gasteiger partial charge on any atom is 0.191 e. The molecule has 0 aliphatic rings. The van der Waals surface area contributed by atoms with Gasteiger partial charge in [-0.3, -0.25) is 4.99 Å². The van der Waals surface area contributed by atoms with Crippen molar-refractivity contribution in [3.8, 4) is 11.4 Å². The number of methoxy groups -OCH3 is 1. The van der Waals surface area contributed by atoms with Crippen LogP contribution in [-0.4, -0.2) is 36.4 Å². The number of guanidine groups is 1. The number of para-hydroxylation sites is 1. The number of halogens is 1. The first kappa shape index (κ1) is 21.7. The van der Waals surface area contributed by atoms with Gasteiger partial charge in [0.15, 0.2) is 5.96 Å². The summed E-state index contributed by atoms with van der Waals surface area (Å²) >= 11 is 0. The largest absolute Gasteiger partial charge is 0.497 e. The first-order chi connectivity index (χ1) is 13.3. The van der Waals surface area contributed by atoms with Gasteiger partial charge in [0.1, 0.15) is 5.75 Å². The van der Waals surface area contributed by atoms with Crippen LogP contribution in [-0.2, 0) is 13.0 Å². The number of nitrogens with one attached hydrogen (secondary N) is 2. The molecule has 28 heavy (non-hydrogen) atoms. The van der Waals surface area contributed by atoms with Crippen molar-refractivity contribution in [1.82, 2.24) is 20.4 Å². The lowest BCUT2D eigenvalue weighted by molar-refractivity contribution is 0.414. The molecule has 0 saturated carbocycles.